The fourth-order valence-electron chi connectivity index (χ4n) is 1.33. The lowest BCUT2D eigenvalue weighted by atomic mass is 10.2. The van der Waals surface area contributed by atoms with Crippen LogP contribution in [0.3, 0.4) is 0 Å². The van der Waals surface area contributed by atoms with Crippen LogP contribution >= 0.6 is 11.6 Å². The standard InChI is InChI=1S/C10H18ClN5O/c1-12-9-14-8(11)15-10(16-9)13-6-4-2-3-5-7-17/h17H,2-7H2,1H3,(H2,12,13,14,15,16). The Hall–Kier alpha value is -1.14. The monoisotopic (exact) mass is 259 g/mol. The molecule has 3 N–H and O–H groups in total. The van der Waals surface area contributed by atoms with Gasteiger partial charge in [0.2, 0.25) is 17.2 Å². The molecule has 0 atom stereocenters. The van der Waals surface area contributed by atoms with Crippen molar-refractivity contribution in [2.75, 3.05) is 30.8 Å². The van der Waals surface area contributed by atoms with E-state index in [4.69, 9.17) is 16.7 Å². The van der Waals surface area contributed by atoms with Crippen LogP contribution in [0, 0.1) is 0 Å². The summed E-state index contributed by atoms with van der Waals surface area (Å²) in [4.78, 5) is 12.0. The maximum absolute atomic E-state index is 8.62. The summed E-state index contributed by atoms with van der Waals surface area (Å²) in [5.74, 6) is 0.935. The summed E-state index contributed by atoms with van der Waals surface area (Å²) in [5.41, 5.74) is 0. The van der Waals surface area contributed by atoms with Crippen LogP contribution in [0.1, 0.15) is 25.7 Å². The molecule has 0 fully saturated rings. The Morgan fingerprint density at radius 3 is 2.47 bits per heavy atom. The quantitative estimate of drug-likeness (QED) is 0.614. The Labute approximate surface area is 106 Å². The van der Waals surface area contributed by atoms with Crippen molar-refractivity contribution in [3.8, 4) is 0 Å². The number of rotatable bonds is 8. The maximum Gasteiger partial charge on any atom is 0.228 e. The van der Waals surface area contributed by atoms with E-state index in [-0.39, 0.29) is 11.9 Å². The zero-order valence-electron chi connectivity index (χ0n) is 9.91. The van der Waals surface area contributed by atoms with E-state index in [2.05, 4.69) is 25.6 Å². The first-order valence-electron chi connectivity index (χ1n) is 5.70. The van der Waals surface area contributed by atoms with E-state index in [0.29, 0.717) is 11.9 Å². The predicted molar refractivity (Wildman–Crippen MR) is 68.4 cm³/mol. The molecule has 7 heteroatoms. The third-order valence-corrected chi connectivity index (χ3v) is 2.37. The van der Waals surface area contributed by atoms with Gasteiger partial charge < -0.3 is 15.7 Å². The van der Waals surface area contributed by atoms with Crippen LogP contribution in [-0.4, -0.2) is 40.3 Å². The van der Waals surface area contributed by atoms with E-state index in [0.717, 1.165) is 32.2 Å². The highest BCUT2D eigenvalue weighted by atomic mass is 35.5. The van der Waals surface area contributed by atoms with E-state index in [9.17, 15) is 0 Å². The van der Waals surface area contributed by atoms with Crippen molar-refractivity contribution < 1.29 is 5.11 Å². The normalized spacial score (nSPS) is 10.3. The number of nitrogens with one attached hydrogen (secondary N) is 2. The Bertz CT molecular complexity index is 336. The van der Waals surface area contributed by atoms with Crippen molar-refractivity contribution >= 4 is 23.5 Å². The number of hydrogen-bond acceptors (Lipinski definition) is 6. The van der Waals surface area contributed by atoms with Gasteiger partial charge in [0.15, 0.2) is 0 Å². The van der Waals surface area contributed by atoms with Gasteiger partial charge in [-0.2, -0.15) is 15.0 Å². The van der Waals surface area contributed by atoms with E-state index in [1.165, 1.54) is 0 Å². The summed E-state index contributed by atoms with van der Waals surface area (Å²) in [6.07, 6.45) is 3.99. The van der Waals surface area contributed by atoms with Gasteiger partial charge in [-0.3, -0.25) is 0 Å². The highest BCUT2D eigenvalue weighted by molar-refractivity contribution is 6.28. The molecular formula is C10H18ClN5O. The van der Waals surface area contributed by atoms with E-state index < -0.39 is 0 Å². The van der Waals surface area contributed by atoms with Crippen LogP contribution in [0.5, 0.6) is 0 Å². The molecule has 6 nitrogen and oxygen atoms in total. The Morgan fingerprint density at radius 1 is 1.06 bits per heavy atom. The smallest absolute Gasteiger partial charge is 0.228 e. The molecule has 1 heterocycles. The second-order valence-corrected chi connectivity index (χ2v) is 3.90. The van der Waals surface area contributed by atoms with E-state index >= 15 is 0 Å². The van der Waals surface area contributed by atoms with Gasteiger partial charge in [-0.25, -0.2) is 0 Å². The van der Waals surface area contributed by atoms with Gasteiger partial charge in [0.05, 0.1) is 0 Å². The molecule has 1 rings (SSSR count). The molecule has 0 aliphatic carbocycles. The van der Waals surface area contributed by atoms with Gasteiger partial charge in [0, 0.05) is 20.2 Å². The summed E-state index contributed by atoms with van der Waals surface area (Å²) in [5, 5.41) is 14.7. The molecule has 96 valence electrons. The van der Waals surface area contributed by atoms with E-state index in [1.807, 2.05) is 0 Å². The molecule has 0 radical (unpaired) electrons. The summed E-state index contributed by atoms with van der Waals surface area (Å²) >= 11 is 5.74. The SMILES string of the molecule is CNc1nc(Cl)nc(NCCCCCCO)n1. The molecule has 0 spiro atoms. The fourth-order valence-corrected chi connectivity index (χ4v) is 1.49. The molecule has 0 aromatic carbocycles. The predicted octanol–water partition coefficient (Wildman–Crippen LogP) is 1.53. The fraction of sp³-hybridized carbons (Fsp3) is 0.700. The molecule has 0 unspecified atom stereocenters. The lowest BCUT2D eigenvalue weighted by Gasteiger charge is -2.06. The molecule has 1 aromatic heterocycles. The van der Waals surface area contributed by atoms with Crippen molar-refractivity contribution in [3.63, 3.8) is 0 Å². The summed E-state index contributed by atoms with van der Waals surface area (Å²) in [6.45, 7) is 1.05. The lowest BCUT2D eigenvalue weighted by molar-refractivity contribution is 0.283. The van der Waals surface area contributed by atoms with Gasteiger partial charge >= 0.3 is 0 Å². The minimum Gasteiger partial charge on any atom is -0.396 e. The molecule has 0 aliphatic heterocycles. The summed E-state index contributed by atoms with van der Waals surface area (Å²) in [7, 11) is 1.73. The van der Waals surface area contributed by atoms with Gasteiger partial charge in [0.1, 0.15) is 0 Å². The van der Waals surface area contributed by atoms with E-state index in [1.54, 1.807) is 7.05 Å². The maximum atomic E-state index is 8.62. The number of nitrogens with zero attached hydrogens (tertiary/aromatic N) is 3. The highest BCUT2D eigenvalue weighted by Gasteiger charge is 2.02. The molecule has 0 amide bonds. The summed E-state index contributed by atoms with van der Waals surface area (Å²) < 4.78 is 0. The molecule has 0 bridgehead atoms. The third kappa shape index (κ3) is 5.65. The minimum atomic E-state index is 0.173. The first-order chi connectivity index (χ1) is 8.26. The average molecular weight is 260 g/mol. The third-order valence-electron chi connectivity index (χ3n) is 2.20. The van der Waals surface area contributed by atoms with Crippen molar-refractivity contribution in [2.24, 2.45) is 0 Å². The number of anilines is 2. The van der Waals surface area contributed by atoms with Crippen LogP contribution in [0.25, 0.3) is 0 Å². The first-order valence-corrected chi connectivity index (χ1v) is 6.08. The number of aromatic nitrogens is 3. The number of hydrogen-bond donors (Lipinski definition) is 3. The first kappa shape index (κ1) is 13.9. The molecule has 0 aliphatic rings. The Morgan fingerprint density at radius 2 is 1.76 bits per heavy atom. The second kappa shape index (κ2) is 8.03. The number of aliphatic hydroxyl groups excluding tert-OH is 1. The molecule has 1 aromatic rings. The van der Waals surface area contributed by atoms with Gasteiger partial charge in [0.25, 0.3) is 0 Å². The average Bonchev–Trinajstić information content (AvgIpc) is 2.33. The highest BCUT2D eigenvalue weighted by Crippen LogP contribution is 2.09. The molecule has 17 heavy (non-hydrogen) atoms. The van der Waals surface area contributed by atoms with Crippen molar-refractivity contribution in [1.29, 1.82) is 0 Å². The largest absolute Gasteiger partial charge is 0.396 e. The molecule has 0 saturated heterocycles. The Balaban J connectivity index is 2.28. The van der Waals surface area contributed by atoms with Gasteiger partial charge in [-0.05, 0) is 24.4 Å². The van der Waals surface area contributed by atoms with Crippen LogP contribution in [0.4, 0.5) is 11.9 Å². The molecule has 0 saturated carbocycles. The van der Waals surface area contributed by atoms with Crippen molar-refractivity contribution in [1.82, 2.24) is 15.0 Å². The van der Waals surface area contributed by atoms with Crippen LogP contribution < -0.4 is 10.6 Å². The molecular weight excluding hydrogens is 242 g/mol. The minimum absolute atomic E-state index is 0.173. The lowest BCUT2D eigenvalue weighted by Crippen LogP contribution is -2.08. The van der Waals surface area contributed by atoms with Gasteiger partial charge in [-0.15, -0.1) is 0 Å². The van der Waals surface area contributed by atoms with Crippen LogP contribution in [0.15, 0.2) is 0 Å². The number of halogens is 1. The number of unbranched alkanes of at least 4 members (excludes halogenated alkanes) is 3. The Kier molecular flexibility index (Phi) is 6.57. The summed E-state index contributed by atoms with van der Waals surface area (Å²) in [6, 6.07) is 0. The van der Waals surface area contributed by atoms with Crippen molar-refractivity contribution in [3.05, 3.63) is 5.28 Å². The van der Waals surface area contributed by atoms with Crippen LogP contribution in [0.2, 0.25) is 5.28 Å². The topological polar surface area (TPSA) is 83.0 Å². The van der Waals surface area contributed by atoms with Gasteiger partial charge in [-0.1, -0.05) is 12.8 Å². The zero-order chi connectivity index (χ0) is 12.5. The van der Waals surface area contributed by atoms with Crippen LogP contribution in [-0.2, 0) is 0 Å². The number of aliphatic hydroxyl groups is 1. The zero-order valence-corrected chi connectivity index (χ0v) is 10.7. The van der Waals surface area contributed by atoms with Crippen molar-refractivity contribution in [2.45, 2.75) is 25.7 Å². The second-order valence-electron chi connectivity index (χ2n) is 3.57.